The Balaban J connectivity index is 4.74. The van der Waals surface area contributed by atoms with Gasteiger partial charge in [-0.2, -0.15) is 0 Å². The fourth-order valence-corrected chi connectivity index (χ4v) is 2.37. The largest absolute Gasteiger partial charge is 0.330 e. The minimum Gasteiger partial charge on any atom is -0.330 e. The molecule has 2 N–H and O–H groups in total. The third-order valence-corrected chi connectivity index (χ3v) is 5.09. The summed E-state index contributed by atoms with van der Waals surface area (Å²) in [6.07, 6.45) is 0. The molecule has 0 rings (SSSR count). The Morgan fingerprint density at radius 2 is 1.46 bits per heavy atom. The predicted molar refractivity (Wildman–Crippen MR) is 56.4 cm³/mol. The van der Waals surface area contributed by atoms with Crippen LogP contribution in [0, 0.1) is 5.41 Å². The molecule has 0 bridgehead atoms. The molecule has 0 aliphatic rings. The van der Waals surface area contributed by atoms with Gasteiger partial charge < -0.3 is 5.73 Å². The summed E-state index contributed by atoms with van der Waals surface area (Å²) >= 11 is 0. The molecule has 80 valence electrons. The van der Waals surface area contributed by atoms with Crippen LogP contribution in [0.2, 0.25) is 0 Å². The van der Waals surface area contributed by atoms with Crippen LogP contribution in [0.5, 0.6) is 0 Å². The Morgan fingerprint density at radius 1 is 1.08 bits per heavy atom. The van der Waals surface area contributed by atoms with Crippen molar-refractivity contribution in [3.63, 3.8) is 0 Å². The molecule has 13 heavy (non-hydrogen) atoms. The maximum atomic E-state index is 11.8. The van der Waals surface area contributed by atoms with E-state index in [0.29, 0.717) is 6.54 Å². The van der Waals surface area contributed by atoms with Crippen molar-refractivity contribution in [2.45, 2.75) is 39.4 Å². The Kier molecular flexibility index (Phi) is 3.55. The molecule has 0 aliphatic carbocycles. The quantitative estimate of drug-likeness (QED) is 0.756. The van der Waals surface area contributed by atoms with E-state index in [0.717, 1.165) is 0 Å². The van der Waals surface area contributed by atoms with Crippen molar-refractivity contribution in [2.75, 3.05) is 12.3 Å². The highest BCUT2D eigenvalue weighted by molar-refractivity contribution is 7.92. The second kappa shape index (κ2) is 3.58. The lowest BCUT2D eigenvalue weighted by atomic mass is 9.97. The first kappa shape index (κ1) is 12.9. The maximum absolute atomic E-state index is 11.8. The third kappa shape index (κ3) is 3.65. The summed E-state index contributed by atoms with van der Waals surface area (Å²) in [6, 6.07) is 0. The first-order chi connectivity index (χ1) is 5.52. The zero-order chi connectivity index (χ0) is 10.9. The zero-order valence-electron chi connectivity index (χ0n) is 9.22. The first-order valence-corrected chi connectivity index (χ1v) is 6.09. The van der Waals surface area contributed by atoms with Crippen LogP contribution in [-0.2, 0) is 9.84 Å². The molecule has 0 aromatic rings. The Hall–Kier alpha value is -0.0900. The van der Waals surface area contributed by atoms with E-state index < -0.39 is 14.6 Å². The van der Waals surface area contributed by atoms with E-state index >= 15 is 0 Å². The van der Waals surface area contributed by atoms with E-state index in [2.05, 4.69) is 0 Å². The lowest BCUT2D eigenvalue weighted by molar-refractivity contribution is 0.419. The summed E-state index contributed by atoms with van der Waals surface area (Å²) in [6.45, 7) is 9.29. The molecule has 0 aromatic carbocycles. The van der Waals surface area contributed by atoms with Crippen molar-refractivity contribution in [1.82, 2.24) is 0 Å². The highest BCUT2D eigenvalue weighted by Crippen LogP contribution is 2.24. The molecular weight excluding hydrogens is 186 g/mol. The second-order valence-electron chi connectivity index (χ2n) is 5.24. The van der Waals surface area contributed by atoms with Gasteiger partial charge in [0.05, 0.1) is 10.5 Å². The molecular formula is C9H21NO2S. The van der Waals surface area contributed by atoms with E-state index in [-0.39, 0.29) is 11.2 Å². The fraction of sp³-hybridized carbons (Fsp3) is 1.00. The van der Waals surface area contributed by atoms with Gasteiger partial charge in [0, 0.05) is 0 Å². The smallest absolute Gasteiger partial charge is 0.155 e. The van der Waals surface area contributed by atoms with Gasteiger partial charge >= 0.3 is 0 Å². The molecule has 0 fully saturated rings. The molecule has 0 spiro atoms. The predicted octanol–water partition coefficient (Wildman–Crippen LogP) is 1.18. The topological polar surface area (TPSA) is 60.2 Å². The monoisotopic (exact) mass is 207 g/mol. The van der Waals surface area contributed by atoms with E-state index in [4.69, 9.17) is 5.73 Å². The van der Waals surface area contributed by atoms with E-state index in [1.54, 1.807) is 20.8 Å². The van der Waals surface area contributed by atoms with Crippen LogP contribution in [0.15, 0.2) is 0 Å². The van der Waals surface area contributed by atoms with Crippen LogP contribution in [0.1, 0.15) is 34.6 Å². The maximum Gasteiger partial charge on any atom is 0.155 e. The minimum atomic E-state index is -3.05. The minimum absolute atomic E-state index is 0.153. The second-order valence-corrected chi connectivity index (χ2v) is 7.98. The van der Waals surface area contributed by atoms with Gasteiger partial charge in [0.1, 0.15) is 0 Å². The van der Waals surface area contributed by atoms with Crippen LogP contribution in [0.3, 0.4) is 0 Å². The molecule has 4 heteroatoms. The van der Waals surface area contributed by atoms with E-state index in [1.807, 2.05) is 13.8 Å². The molecule has 0 unspecified atom stereocenters. The van der Waals surface area contributed by atoms with Gasteiger partial charge in [-0.3, -0.25) is 0 Å². The molecule has 0 aliphatic heterocycles. The standard InChI is InChI=1S/C9H21NO2S/c1-8(2,3)13(11,12)7-9(4,5)6-10/h6-7,10H2,1-5H3. The lowest BCUT2D eigenvalue weighted by Gasteiger charge is -2.27. The highest BCUT2D eigenvalue weighted by atomic mass is 32.2. The van der Waals surface area contributed by atoms with Crippen LogP contribution in [-0.4, -0.2) is 25.5 Å². The van der Waals surface area contributed by atoms with Gasteiger partial charge in [0.15, 0.2) is 9.84 Å². The van der Waals surface area contributed by atoms with Crippen LogP contribution >= 0.6 is 0 Å². The molecule has 0 aromatic heterocycles. The number of hydrogen-bond acceptors (Lipinski definition) is 3. The summed E-state index contributed by atoms with van der Waals surface area (Å²) in [7, 11) is -3.05. The van der Waals surface area contributed by atoms with Gasteiger partial charge in [-0.05, 0) is 32.7 Å². The Morgan fingerprint density at radius 3 is 1.69 bits per heavy atom. The number of nitrogens with two attached hydrogens (primary N) is 1. The first-order valence-electron chi connectivity index (χ1n) is 4.44. The van der Waals surface area contributed by atoms with Crippen molar-refractivity contribution in [3.8, 4) is 0 Å². The average Bonchev–Trinajstić information content (AvgIpc) is 1.83. The summed E-state index contributed by atoms with van der Waals surface area (Å²) in [5.74, 6) is 0.153. The molecule has 0 saturated carbocycles. The van der Waals surface area contributed by atoms with E-state index in [9.17, 15) is 8.42 Å². The van der Waals surface area contributed by atoms with E-state index in [1.165, 1.54) is 0 Å². The number of hydrogen-bond donors (Lipinski definition) is 1. The number of sulfone groups is 1. The fourth-order valence-electron chi connectivity index (χ4n) is 0.790. The molecule has 0 heterocycles. The van der Waals surface area contributed by atoms with Crippen LogP contribution < -0.4 is 5.73 Å². The van der Waals surface area contributed by atoms with Crippen LogP contribution in [0.25, 0.3) is 0 Å². The number of rotatable bonds is 3. The third-order valence-electron chi connectivity index (χ3n) is 2.07. The van der Waals surface area contributed by atoms with Gasteiger partial charge in [0.25, 0.3) is 0 Å². The summed E-state index contributed by atoms with van der Waals surface area (Å²) < 4.78 is 22.9. The average molecular weight is 207 g/mol. The summed E-state index contributed by atoms with van der Waals surface area (Å²) in [5, 5.41) is 0. The molecule has 0 saturated heterocycles. The molecule has 0 amide bonds. The lowest BCUT2D eigenvalue weighted by Crippen LogP contribution is -2.39. The molecule has 0 radical (unpaired) electrons. The molecule has 0 atom stereocenters. The summed E-state index contributed by atoms with van der Waals surface area (Å²) in [4.78, 5) is 0. The zero-order valence-corrected chi connectivity index (χ0v) is 10.0. The SMILES string of the molecule is CC(C)(CN)CS(=O)(=O)C(C)(C)C. The molecule has 3 nitrogen and oxygen atoms in total. The Labute approximate surface area is 81.6 Å². The highest BCUT2D eigenvalue weighted by Gasteiger charge is 2.34. The van der Waals surface area contributed by atoms with Crippen molar-refractivity contribution in [1.29, 1.82) is 0 Å². The van der Waals surface area contributed by atoms with Gasteiger partial charge in [-0.1, -0.05) is 13.8 Å². The van der Waals surface area contributed by atoms with Crippen LogP contribution in [0.4, 0.5) is 0 Å². The Bertz CT molecular complexity index is 260. The van der Waals surface area contributed by atoms with Gasteiger partial charge in [0.2, 0.25) is 0 Å². The summed E-state index contributed by atoms with van der Waals surface area (Å²) in [5.41, 5.74) is 5.17. The van der Waals surface area contributed by atoms with Gasteiger partial charge in [-0.25, -0.2) is 8.42 Å². The van der Waals surface area contributed by atoms with Crippen molar-refractivity contribution in [3.05, 3.63) is 0 Å². The van der Waals surface area contributed by atoms with Crippen molar-refractivity contribution >= 4 is 9.84 Å². The van der Waals surface area contributed by atoms with Crippen molar-refractivity contribution in [2.24, 2.45) is 11.1 Å². The normalized spacial score (nSPS) is 14.6. The van der Waals surface area contributed by atoms with Gasteiger partial charge in [-0.15, -0.1) is 0 Å². The van der Waals surface area contributed by atoms with Crippen molar-refractivity contribution < 1.29 is 8.42 Å².